The molecule has 2 heterocycles. The number of nitrogens with two attached hydrogens (primary N) is 1. The first-order valence-corrected chi connectivity index (χ1v) is 13.9. The number of β-amino-alcohol motifs (C(OH)–C–C–N with tert-alkyl or cyclic N) is 1. The number of hydrogen-bond acceptors (Lipinski definition) is 8. The summed E-state index contributed by atoms with van der Waals surface area (Å²) in [5, 5.41) is 9.67. The number of likely N-dealkylation sites (tertiary alicyclic amines) is 1. The standard InChI is InChI=1S/C24H26Cl2FN5O4S/c1-14(21-18(25)6-7-19(27)22(21)26)36-24-23(28)29-12-20(30-24)15-2-4-16(5-3-15)31-37(34,35)11-10-32-9-8-17(33)13-32/h2-7,12,14,17,31,33H,8-11,13H2,1H3,(H2,28,29)/t14?,17-/m1/s1. The van der Waals surface area contributed by atoms with Crippen molar-refractivity contribution in [2.75, 3.05) is 35.8 Å². The normalized spacial score (nSPS) is 17.1. The predicted molar refractivity (Wildman–Crippen MR) is 142 cm³/mol. The van der Waals surface area contributed by atoms with Crippen LogP contribution in [-0.2, 0) is 10.0 Å². The minimum atomic E-state index is -3.57. The van der Waals surface area contributed by atoms with Crippen molar-refractivity contribution in [3.8, 4) is 17.1 Å². The maximum Gasteiger partial charge on any atom is 0.258 e. The maximum atomic E-state index is 13.9. The minimum absolute atomic E-state index is 0.0122. The van der Waals surface area contributed by atoms with E-state index in [1.54, 1.807) is 31.2 Å². The SMILES string of the molecule is CC(Oc1nc(-c2ccc(NS(=O)(=O)CCN3CC[C@@H](O)C3)cc2)cnc1N)c1c(Cl)ccc(F)c1Cl. The fourth-order valence-corrected chi connectivity index (χ4v) is 5.73. The van der Waals surface area contributed by atoms with Gasteiger partial charge in [0.2, 0.25) is 10.0 Å². The third-order valence-corrected chi connectivity index (χ3v) is 7.90. The molecule has 1 aromatic heterocycles. The zero-order chi connectivity index (χ0) is 26.7. The van der Waals surface area contributed by atoms with Crippen molar-refractivity contribution in [2.45, 2.75) is 25.6 Å². The zero-order valence-corrected chi connectivity index (χ0v) is 22.2. The number of nitrogens with one attached hydrogen (secondary N) is 1. The quantitative estimate of drug-likeness (QED) is 0.328. The highest BCUT2D eigenvalue weighted by molar-refractivity contribution is 7.92. The number of aromatic nitrogens is 2. The highest BCUT2D eigenvalue weighted by Crippen LogP contribution is 2.35. The molecule has 2 atom stereocenters. The van der Waals surface area contributed by atoms with Crippen LogP contribution in [0.2, 0.25) is 10.0 Å². The van der Waals surface area contributed by atoms with E-state index < -0.39 is 28.0 Å². The lowest BCUT2D eigenvalue weighted by Gasteiger charge is -2.18. The molecule has 13 heteroatoms. The Morgan fingerprint density at radius 1 is 1.27 bits per heavy atom. The second-order valence-corrected chi connectivity index (χ2v) is 11.3. The van der Waals surface area contributed by atoms with Gasteiger partial charge in [-0.25, -0.2) is 22.8 Å². The summed E-state index contributed by atoms with van der Waals surface area (Å²) in [4.78, 5) is 10.5. The number of rotatable bonds is 9. The number of ether oxygens (including phenoxy) is 1. The Bertz CT molecular complexity index is 1380. The smallest absolute Gasteiger partial charge is 0.258 e. The van der Waals surface area contributed by atoms with Crippen LogP contribution in [0, 0.1) is 5.82 Å². The van der Waals surface area contributed by atoms with Crippen molar-refractivity contribution in [2.24, 2.45) is 0 Å². The molecule has 3 aromatic rings. The monoisotopic (exact) mass is 569 g/mol. The number of halogens is 3. The van der Waals surface area contributed by atoms with Crippen LogP contribution in [0.25, 0.3) is 11.3 Å². The van der Waals surface area contributed by atoms with Gasteiger partial charge in [-0.2, -0.15) is 0 Å². The molecule has 1 unspecified atom stereocenters. The number of anilines is 2. The number of hydrogen-bond donors (Lipinski definition) is 3. The lowest BCUT2D eigenvalue weighted by atomic mass is 10.1. The summed E-state index contributed by atoms with van der Waals surface area (Å²) in [6.45, 7) is 3.15. The molecule has 4 N–H and O–H groups in total. The van der Waals surface area contributed by atoms with Crippen LogP contribution in [0.5, 0.6) is 5.88 Å². The van der Waals surface area contributed by atoms with Crippen molar-refractivity contribution in [1.82, 2.24) is 14.9 Å². The number of aliphatic hydroxyl groups is 1. The largest absolute Gasteiger partial charge is 0.467 e. The van der Waals surface area contributed by atoms with Crippen molar-refractivity contribution in [3.05, 3.63) is 64.0 Å². The number of nitrogen functional groups attached to an aromatic ring is 1. The van der Waals surface area contributed by atoms with Crippen molar-refractivity contribution in [3.63, 3.8) is 0 Å². The van der Waals surface area contributed by atoms with Gasteiger partial charge in [0.1, 0.15) is 11.9 Å². The fourth-order valence-electron chi connectivity index (χ4n) is 3.95. The summed E-state index contributed by atoms with van der Waals surface area (Å²) in [6, 6.07) is 9.14. The first kappa shape index (κ1) is 27.3. The molecule has 0 amide bonds. The van der Waals surface area contributed by atoms with E-state index in [1.807, 2.05) is 4.90 Å². The average Bonchev–Trinajstić information content (AvgIpc) is 3.27. The molecule has 0 bridgehead atoms. The summed E-state index contributed by atoms with van der Waals surface area (Å²) in [5.74, 6) is -0.675. The van der Waals surface area contributed by atoms with E-state index >= 15 is 0 Å². The van der Waals surface area contributed by atoms with Crippen LogP contribution in [0.15, 0.2) is 42.6 Å². The van der Waals surface area contributed by atoms with Crippen molar-refractivity contribution < 1.29 is 22.7 Å². The zero-order valence-electron chi connectivity index (χ0n) is 19.9. The molecule has 0 aliphatic carbocycles. The van der Waals surface area contributed by atoms with Gasteiger partial charge in [0.25, 0.3) is 5.88 Å². The first-order chi connectivity index (χ1) is 17.5. The van der Waals surface area contributed by atoms with E-state index in [0.29, 0.717) is 43.0 Å². The van der Waals surface area contributed by atoms with E-state index in [-0.39, 0.29) is 33.1 Å². The van der Waals surface area contributed by atoms with Gasteiger partial charge in [0.15, 0.2) is 5.82 Å². The Hall–Kier alpha value is -2.70. The van der Waals surface area contributed by atoms with Gasteiger partial charge in [-0.3, -0.25) is 9.62 Å². The van der Waals surface area contributed by atoms with Crippen LogP contribution in [-0.4, -0.2) is 59.9 Å². The average molecular weight is 570 g/mol. The van der Waals surface area contributed by atoms with Crippen molar-refractivity contribution >= 4 is 44.7 Å². The summed E-state index contributed by atoms with van der Waals surface area (Å²) >= 11 is 12.3. The van der Waals surface area contributed by atoms with E-state index in [2.05, 4.69) is 14.7 Å². The van der Waals surface area contributed by atoms with E-state index in [1.165, 1.54) is 12.3 Å². The van der Waals surface area contributed by atoms with E-state index in [9.17, 15) is 17.9 Å². The molecule has 4 rings (SSSR count). The second-order valence-electron chi connectivity index (χ2n) is 8.70. The van der Waals surface area contributed by atoms with Crippen molar-refractivity contribution in [1.29, 1.82) is 0 Å². The molecule has 0 spiro atoms. The van der Waals surface area contributed by atoms with Gasteiger partial charge < -0.3 is 15.6 Å². The van der Waals surface area contributed by atoms with E-state index in [0.717, 1.165) is 6.07 Å². The summed E-state index contributed by atoms with van der Waals surface area (Å²) in [6.07, 6.45) is 0.938. The number of sulfonamides is 1. The second kappa shape index (κ2) is 11.4. The number of benzene rings is 2. The molecule has 1 aliphatic rings. The van der Waals surface area contributed by atoms with Crippen LogP contribution < -0.4 is 15.2 Å². The van der Waals surface area contributed by atoms with Gasteiger partial charge in [0.05, 0.1) is 28.8 Å². The van der Waals surface area contributed by atoms with Crippen LogP contribution >= 0.6 is 23.2 Å². The Labute approximate surface area is 224 Å². The first-order valence-electron chi connectivity index (χ1n) is 11.5. The summed E-state index contributed by atoms with van der Waals surface area (Å²) in [5.41, 5.74) is 7.66. The topological polar surface area (TPSA) is 131 Å². The molecular formula is C24H26Cl2FN5O4S. The van der Waals surface area contributed by atoms with Crippen LogP contribution in [0.4, 0.5) is 15.9 Å². The highest BCUT2D eigenvalue weighted by atomic mass is 35.5. The summed E-state index contributed by atoms with van der Waals surface area (Å²) < 4.78 is 47.3. The van der Waals surface area contributed by atoms with Crippen LogP contribution in [0.1, 0.15) is 25.0 Å². The van der Waals surface area contributed by atoms with Gasteiger partial charge in [0, 0.05) is 41.5 Å². The Balaban J connectivity index is 1.45. The van der Waals surface area contributed by atoms with Gasteiger partial charge >= 0.3 is 0 Å². The molecule has 0 radical (unpaired) electrons. The van der Waals surface area contributed by atoms with Gasteiger partial charge in [-0.1, -0.05) is 35.3 Å². The lowest BCUT2D eigenvalue weighted by molar-refractivity contribution is 0.178. The predicted octanol–water partition coefficient (Wildman–Crippen LogP) is 4.12. The van der Waals surface area contributed by atoms with Crippen LogP contribution in [0.3, 0.4) is 0 Å². The summed E-state index contributed by atoms with van der Waals surface area (Å²) in [7, 11) is -3.57. The molecular weight excluding hydrogens is 544 g/mol. The number of nitrogens with zero attached hydrogens (tertiary/aromatic N) is 3. The fraction of sp³-hybridized carbons (Fsp3) is 0.333. The Kier molecular flexibility index (Phi) is 8.39. The molecule has 1 saturated heterocycles. The molecule has 1 fully saturated rings. The molecule has 0 saturated carbocycles. The van der Waals surface area contributed by atoms with Gasteiger partial charge in [-0.15, -0.1) is 0 Å². The maximum absolute atomic E-state index is 13.9. The Morgan fingerprint density at radius 2 is 2.00 bits per heavy atom. The Morgan fingerprint density at radius 3 is 2.68 bits per heavy atom. The highest BCUT2D eigenvalue weighted by Gasteiger charge is 2.23. The molecule has 2 aromatic carbocycles. The lowest BCUT2D eigenvalue weighted by Crippen LogP contribution is -2.30. The molecule has 37 heavy (non-hydrogen) atoms. The molecule has 9 nitrogen and oxygen atoms in total. The van der Waals surface area contributed by atoms with Gasteiger partial charge in [-0.05, 0) is 37.6 Å². The molecule has 1 aliphatic heterocycles. The number of aliphatic hydroxyl groups excluding tert-OH is 1. The third kappa shape index (κ3) is 6.79. The van der Waals surface area contributed by atoms with E-state index in [4.69, 9.17) is 33.7 Å². The minimum Gasteiger partial charge on any atom is -0.467 e. The molecule has 198 valence electrons. The third-order valence-electron chi connectivity index (χ3n) is 5.92.